The number of amides is 3. The van der Waals surface area contributed by atoms with Crippen LogP contribution < -0.4 is 10.6 Å². The Bertz CT molecular complexity index is 1040. The maximum Gasteiger partial charge on any atom is 0.408 e. The highest BCUT2D eigenvalue weighted by atomic mass is 16.6. The van der Waals surface area contributed by atoms with E-state index in [1.54, 1.807) is 51.1 Å². The second-order valence-electron chi connectivity index (χ2n) is 9.12. The lowest BCUT2D eigenvalue weighted by Gasteiger charge is -2.33. The summed E-state index contributed by atoms with van der Waals surface area (Å²) in [6, 6.07) is 13.7. The Kier molecular flexibility index (Phi) is 10.6. The highest BCUT2D eigenvalue weighted by Gasteiger charge is 2.36. The van der Waals surface area contributed by atoms with Gasteiger partial charge in [0.2, 0.25) is 11.8 Å². The molecule has 36 heavy (non-hydrogen) atoms. The average molecular weight is 498 g/mol. The first-order valence-corrected chi connectivity index (χ1v) is 11.7. The van der Waals surface area contributed by atoms with Crippen LogP contribution >= 0.6 is 0 Å². The fourth-order valence-corrected chi connectivity index (χ4v) is 3.52. The van der Waals surface area contributed by atoms with Crippen LogP contribution in [0.1, 0.15) is 43.5 Å². The van der Waals surface area contributed by atoms with E-state index in [9.17, 15) is 24.6 Å². The second-order valence-corrected chi connectivity index (χ2v) is 9.12. The van der Waals surface area contributed by atoms with Crippen molar-refractivity contribution in [1.82, 2.24) is 15.5 Å². The molecular formula is C27H35N3O6. The molecule has 0 saturated heterocycles. The fourth-order valence-electron chi connectivity index (χ4n) is 3.52. The number of rotatable bonds is 11. The van der Waals surface area contributed by atoms with Crippen LogP contribution in [0, 0.1) is 0 Å². The molecule has 2 aromatic carbocycles. The number of aliphatic hydroxyl groups is 2. The molecule has 0 aliphatic rings. The first-order valence-electron chi connectivity index (χ1n) is 11.7. The SMILES string of the molecule is C=Cc1cccc(C(C(=O)NCc2ccccc2)N(CCO)C(=O)C(CO)NC(=O)OC(C)(C)C)c1. The van der Waals surface area contributed by atoms with Gasteiger partial charge in [-0.05, 0) is 43.5 Å². The predicted octanol–water partition coefficient (Wildman–Crippen LogP) is 2.39. The first-order chi connectivity index (χ1) is 17.1. The van der Waals surface area contributed by atoms with Gasteiger partial charge in [0.15, 0.2) is 0 Å². The third-order valence-corrected chi connectivity index (χ3v) is 5.13. The molecule has 0 aliphatic carbocycles. The Morgan fingerprint density at radius 2 is 1.78 bits per heavy atom. The van der Waals surface area contributed by atoms with Crippen molar-refractivity contribution < 1.29 is 29.3 Å². The van der Waals surface area contributed by atoms with Crippen LogP contribution in [0.3, 0.4) is 0 Å². The number of carbonyl (C=O) groups is 3. The molecule has 0 aromatic heterocycles. The molecule has 4 N–H and O–H groups in total. The lowest BCUT2D eigenvalue weighted by molar-refractivity contribution is -0.143. The number of nitrogens with one attached hydrogen (secondary N) is 2. The summed E-state index contributed by atoms with van der Waals surface area (Å²) < 4.78 is 5.20. The zero-order valence-electron chi connectivity index (χ0n) is 20.9. The van der Waals surface area contributed by atoms with E-state index in [0.29, 0.717) is 5.56 Å². The number of aliphatic hydroxyl groups excluding tert-OH is 2. The maximum absolute atomic E-state index is 13.5. The quantitative estimate of drug-likeness (QED) is 0.377. The largest absolute Gasteiger partial charge is 0.444 e. The fraction of sp³-hybridized carbons (Fsp3) is 0.370. The number of nitrogens with zero attached hydrogens (tertiary/aromatic N) is 1. The minimum atomic E-state index is -1.39. The number of ether oxygens (including phenoxy) is 1. The number of hydrogen-bond donors (Lipinski definition) is 4. The minimum Gasteiger partial charge on any atom is -0.444 e. The normalized spacial score (nSPS) is 12.7. The molecule has 0 aliphatic heterocycles. The summed E-state index contributed by atoms with van der Waals surface area (Å²) in [6.07, 6.45) is 0.721. The molecule has 9 nitrogen and oxygen atoms in total. The van der Waals surface area contributed by atoms with Gasteiger partial charge in [-0.25, -0.2) is 4.79 Å². The zero-order chi connectivity index (χ0) is 26.7. The molecule has 2 rings (SSSR count). The summed E-state index contributed by atoms with van der Waals surface area (Å²) in [5.74, 6) is -1.24. The molecule has 0 radical (unpaired) electrons. The molecule has 9 heteroatoms. The number of carbonyl (C=O) groups excluding carboxylic acids is 3. The Balaban J connectivity index is 2.39. The van der Waals surface area contributed by atoms with Gasteiger partial charge in [-0.3, -0.25) is 9.59 Å². The lowest BCUT2D eigenvalue weighted by Crippen LogP contribution is -2.55. The van der Waals surface area contributed by atoms with Gasteiger partial charge < -0.3 is 30.5 Å². The van der Waals surface area contributed by atoms with Gasteiger partial charge in [-0.15, -0.1) is 0 Å². The van der Waals surface area contributed by atoms with Crippen molar-refractivity contribution in [2.75, 3.05) is 19.8 Å². The molecular weight excluding hydrogens is 462 g/mol. The van der Waals surface area contributed by atoms with Crippen LogP contribution in [0.15, 0.2) is 61.2 Å². The Morgan fingerprint density at radius 3 is 2.36 bits per heavy atom. The van der Waals surface area contributed by atoms with Gasteiger partial charge >= 0.3 is 6.09 Å². The highest BCUT2D eigenvalue weighted by Crippen LogP contribution is 2.24. The molecule has 0 fully saturated rings. The van der Waals surface area contributed by atoms with Crippen LogP contribution in [0.25, 0.3) is 6.08 Å². The van der Waals surface area contributed by atoms with Crippen molar-refractivity contribution in [2.24, 2.45) is 0 Å². The van der Waals surface area contributed by atoms with Gasteiger partial charge in [0.1, 0.15) is 17.7 Å². The van der Waals surface area contributed by atoms with Crippen molar-refractivity contribution in [3.05, 3.63) is 77.9 Å². The monoisotopic (exact) mass is 497 g/mol. The van der Waals surface area contributed by atoms with E-state index in [0.717, 1.165) is 16.0 Å². The molecule has 0 saturated carbocycles. The highest BCUT2D eigenvalue weighted by molar-refractivity contribution is 5.92. The molecule has 194 valence electrons. The van der Waals surface area contributed by atoms with E-state index in [2.05, 4.69) is 17.2 Å². The van der Waals surface area contributed by atoms with Crippen LogP contribution in [-0.4, -0.2) is 64.4 Å². The third kappa shape index (κ3) is 8.51. The molecule has 0 bridgehead atoms. The average Bonchev–Trinajstić information content (AvgIpc) is 2.85. The van der Waals surface area contributed by atoms with E-state index >= 15 is 0 Å². The van der Waals surface area contributed by atoms with E-state index in [1.165, 1.54) is 0 Å². The van der Waals surface area contributed by atoms with Crippen LogP contribution in [0.4, 0.5) is 4.79 Å². The van der Waals surface area contributed by atoms with E-state index in [1.807, 2.05) is 30.3 Å². The van der Waals surface area contributed by atoms with Gasteiger partial charge in [-0.1, -0.05) is 61.2 Å². The van der Waals surface area contributed by atoms with Crippen molar-refractivity contribution in [3.8, 4) is 0 Å². The van der Waals surface area contributed by atoms with Crippen molar-refractivity contribution in [2.45, 2.75) is 45.0 Å². The third-order valence-electron chi connectivity index (χ3n) is 5.13. The molecule has 0 heterocycles. The smallest absolute Gasteiger partial charge is 0.408 e. The topological polar surface area (TPSA) is 128 Å². The molecule has 0 spiro atoms. The molecule has 2 atom stereocenters. The molecule has 2 aromatic rings. The van der Waals surface area contributed by atoms with Crippen LogP contribution in [0.5, 0.6) is 0 Å². The van der Waals surface area contributed by atoms with Gasteiger partial charge in [0.05, 0.1) is 13.2 Å². The van der Waals surface area contributed by atoms with E-state index in [4.69, 9.17) is 4.74 Å². The van der Waals surface area contributed by atoms with Gasteiger partial charge in [0, 0.05) is 13.1 Å². The van der Waals surface area contributed by atoms with Crippen LogP contribution in [-0.2, 0) is 20.9 Å². The second kappa shape index (κ2) is 13.4. The van der Waals surface area contributed by atoms with Gasteiger partial charge in [-0.2, -0.15) is 0 Å². The van der Waals surface area contributed by atoms with E-state index < -0.39 is 48.8 Å². The number of hydrogen-bond acceptors (Lipinski definition) is 6. The Labute approximate surface area is 211 Å². The summed E-state index contributed by atoms with van der Waals surface area (Å²) in [5, 5.41) is 24.8. The summed E-state index contributed by atoms with van der Waals surface area (Å²) in [7, 11) is 0. The van der Waals surface area contributed by atoms with Crippen molar-refractivity contribution >= 4 is 24.0 Å². The summed E-state index contributed by atoms with van der Waals surface area (Å²) in [4.78, 5) is 40.4. The van der Waals surface area contributed by atoms with E-state index in [-0.39, 0.29) is 13.1 Å². The van der Waals surface area contributed by atoms with Gasteiger partial charge in [0.25, 0.3) is 0 Å². The van der Waals surface area contributed by atoms with Crippen molar-refractivity contribution in [1.29, 1.82) is 0 Å². The molecule has 3 amide bonds. The zero-order valence-corrected chi connectivity index (χ0v) is 20.9. The lowest BCUT2D eigenvalue weighted by atomic mass is 10.00. The summed E-state index contributed by atoms with van der Waals surface area (Å²) in [6.45, 7) is 7.59. The standard InChI is InChI=1S/C27H35N3O6/c1-5-19-12-9-13-21(16-19)23(24(33)28-17-20-10-7-6-8-11-20)30(14-15-31)25(34)22(18-32)29-26(35)36-27(2,3)4/h5-13,16,22-23,31-32H,1,14-15,17-18H2,2-4H3,(H,28,33)(H,29,35). The Hall–Kier alpha value is -3.69. The number of alkyl carbamates (subject to hydrolysis) is 1. The summed E-state index contributed by atoms with van der Waals surface area (Å²) >= 11 is 0. The Morgan fingerprint density at radius 1 is 1.08 bits per heavy atom. The van der Waals surface area contributed by atoms with Crippen LogP contribution in [0.2, 0.25) is 0 Å². The summed E-state index contributed by atoms with van der Waals surface area (Å²) in [5.41, 5.74) is 1.26. The first kappa shape index (κ1) is 28.5. The molecule has 2 unspecified atom stereocenters. The number of benzene rings is 2. The van der Waals surface area contributed by atoms with Crippen molar-refractivity contribution in [3.63, 3.8) is 0 Å². The maximum atomic E-state index is 13.5. The minimum absolute atomic E-state index is 0.215. The predicted molar refractivity (Wildman–Crippen MR) is 137 cm³/mol.